The Morgan fingerprint density at radius 3 is 2.94 bits per heavy atom. The lowest BCUT2D eigenvalue weighted by Crippen LogP contribution is -2.35. The van der Waals surface area contributed by atoms with Crippen molar-refractivity contribution in [3.05, 3.63) is 29.3 Å². The van der Waals surface area contributed by atoms with E-state index in [4.69, 9.17) is 4.74 Å². The zero-order valence-corrected chi connectivity index (χ0v) is 10.5. The molecule has 0 saturated heterocycles. The molecule has 0 heterocycles. The average Bonchev–Trinajstić information content (AvgIpc) is 3.19. The summed E-state index contributed by atoms with van der Waals surface area (Å²) in [5.41, 5.74) is 2.91. The minimum Gasteiger partial charge on any atom is -0.496 e. The minimum atomic E-state index is 0.652. The number of rotatable bonds is 4. The van der Waals surface area contributed by atoms with Gasteiger partial charge in [-0.2, -0.15) is 0 Å². The van der Waals surface area contributed by atoms with E-state index in [2.05, 4.69) is 23.5 Å². The van der Waals surface area contributed by atoms with Crippen LogP contribution >= 0.6 is 0 Å². The van der Waals surface area contributed by atoms with E-state index in [9.17, 15) is 0 Å². The zero-order valence-electron chi connectivity index (χ0n) is 10.5. The highest BCUT2D eigenvalue weighted by molar-refractivity contribution is 5.42. The summed E-state index contributed by atoms with van der Waals surface area (Å²) in [5.74, 6) is 2.04. The predicted octanol–water partition coefficient (Wildman–Crippen LogP) is 2.55. The van der Waals surface area contributed by atoms with Crippen LogP contribution in [0.4, 0.5) is 0 Å². The SMILES string of the molecule is COc1cccc2c1CC(NCC1CC1)CC2. The van der Waals surface area contributed by atoms with Crippen LogP contribution in [0.2, 0.25) is 0 Å². The second-order valence-corrected chi connectivity index (χ2v) is 5.39. The van der Waals surface area contributed by atoms with Gasteiger partial charge < -0.3 is 10.1 Å². The fourth-order valence-electron chi connectivity index (χ4n) is 2.78. The van der Waals surface area contributed by atoms with Gasteiger partial charge in [-0.15, -0.1) is 0 Å². The molecule has 92 valence electrons. The number of hydrogen-bond acceptors (Lipinski definition) is 2. The van der Waals surface area contributed by atoms with Crippen molar-refractivity contribution in [1.29, 1.82) is 0 Å². The van der Waals surface area contributed by atoms with Gasteiger partial charge in [-0.1, -0.05) is 12.1 Å². The van der Waals surface area contributed by atoms with E-state index >= 15 is 0 Å². The van der Waals surface area contributed by atoms with Crippen molar-refractivity contribution in [3.63, 3.8) is 0 Å². The quantitative estimate of drug-likeness (QED) is 0.860. The topological polar surface area (TPSA) is 21.3 Å². The Morgan fingerprint density at radius 1 is 1.29 bits per heavy atom. The van der Waals surface area contributed by atoms with Gasteiger partial charge >= 0.3 is 0 Å². The lowest BCUT2D eigenvalue weighted by Gasteiger charge is -2.27. The molecule has 1 aromatic rings. The molecule has 0 bridgehead atoms. The molecule has 17 heavy (non-hydrogen) atoms. The van der Waals surface area contributed by atoms with Crippen LogP contribution in [-0.2, 0) is 12.8 Å². The summed E-state index contributed by atoms with van der Waals surface area (Å²) in [6.07, 6.45) is 6.45. The maximum absolute atomic E-state index is 5.47. The van der Waals surface area contributed by atoms with Gasteiger partial charge in [-0.25, -0.2) is 0 Å². The van der Waals surface area contributed by atoms with Gasteiger partial charge in [0.25, 0.3) is 0 Å². The molecule has 0 radical (unpaired) electrons. The number of fused-ring (bicyclic) bond motifs is 1. The van der Waals surface area contributed by atoms with Crippen LogP contribution in [0.1, 0.15) is 30.4 Å². The Morgan fingerprint density at radius 2 is 2.18 bits per heavy atom. The lowest BCUT2D eigenvalue weighted by atomic mass is 9.87. The van der Waals surface area contributed by atoms with Gasteiger partial charge in [0.1, 0.15) is 5.75 Å². The molecule has 3 rings (SSSR count). The van der Waals surface area contributed by atoms with E-state index in [0.717, 1.165) is 18.1 Å². The minimum absolute atomic E-state index is 0.652. The fraction of sp³-hybridized carbons (Fsp3) is 0.600. The summed E-state index contributed by atoms with van der Waals surface area (Å²) >= 11 is 0. The van der Waals surface area contributed by atoms with E-state index < -0.39 is 0 Å². The molecule has 0 amide bonds. The summed E-state index contributed by atoms with van der Waals surface area (Å²) < 4.78 is 5.47. The fourth-order valence-corrected chi connectivity index (χ4v) is 2.78. The molecule has 1 N–H and O–H groups in total. The Hall–Kier alpha value is -1.02. The zero-order chi connectivity index (χ0) is 11.7. The Kier molecular flexibility index (Phi) is 3.06. The van der Waals surface area contributed by atoms with Gasteiger partial charge in [0.05, 0.1) is 7.11 Å². The largest absolute Gasteiger partial charge is 0.496 e. The van der Waals surface area contributed by atoms with Gasteiger partial charge in [-0.05, 0) is 61.8 Å². The summed E-state index contributed by atoms with van der Waals surface area (Å²) in [6.45, 7) is 1.22. The molecule has 2 aliphatic rings. The van der Waals surface area contributed by atoms with Crippen LogP contribution in [0.15, 0.2) is 18.2 Å². The van der Waals surface area contributed by atoms with Crippen LogP contribution in [-0.4, -0.2) is 19.7 Å². The first-order valence-corrected chi connectivity index (χ1v) is 6.75. The van der Waals surface area contributed by atoms with E-state index in [0.29, 0.717) is 6.04 Å². The Labute approximate surface area is 103 Å². The van der Waals surface area contributed by atoms with Gasteiger partial charge in [0.15, 0.2) is 0 Å². The number of nitrogens with one attached hydrogen (secondary N) is 1. The molecule has 1 aromatic carbocycles. The highest BCUT2D eigenvalue weighted by Gasteiger charge is 2.25. The van der Waals surface area contributed by atoms with E-state index in [1.165, 1.54) is 43.4 Å². The molecule has 1 fully saturated rings. The van der Waals surface area contributed by atoms with Crippen LogP contribution in [0.3, 0.4) is 0 Å². The van der Waals surface area contributed by atoms with Crippen LogP contribution in [0.5, 0.6) is 5.75 Å². The van der Waals surface area contributed by atoms with Crippen molar-refractivity contribution in [3.8, 4) is 5.75 Å². The standard InChI is InChI=1S/C15H21NO/c1-17-15-4-2-3-12-7-8-13(9-14(12)15)16-10-11-5-6-11/h2-4,11,13,16H,5-10H2,1H3. The van der Waals surface area contributed by atoms with Gasteiger partial charge in [-0.3, -0.25) is 0 Å². The summed E-state index contributed by atoms with van der Waals surface area (Å²) in [4.78, 5) is 0. The molecule has 0 spiro atoms. The van der Waals surface area contributed by atoms with Crippen molar-refractivity contribution in [1.82, 2.24) is 5.32 Å². The summed E-state index contributed by atoms with van der Waals surface area (Å²) in [7, 11) is 1.77. The second kappa shape index (κ2) is 4.69. The van der Waals surface area contributed by atoms with Crippen molar-refractivity contribution in [2.75, 3.05) is 13.7 Å². The molecule has 2 aliphatic carbocycles. The number of aryl methyl sites for hydroxylation is 1. The second-order valence-electron chi connectivity index (χ2n) is 5.39. The molecule has 1 unspecified atom stereocenters. The third-order valence-electron chi connectivity index (χ3n) is 4.05. The molecule has 2 nitrogen and oxygen atoms in total. The smallest absolute Gasteiger partial charge is 0.122 e. The number of hydrogen-bond donors (Lipinski definition) is 1. The van der Waals surface area contributed by atoms with Gasteiger partial charge in [0.2, 0.25) is 0 Å². The third kappa shape index (κ3) is 2.47. The van der Waals surface area contributed by atoms with E-state index in [1.807, 2.05) is 0 Å². The van der Waals surface area contributed by atoms with Crippen LogP contribution in [0.25, 0.3) is 0 Å². The number of methoxy groups -OCH3 is 1. The lowest BCUT2D eigenvalue weighted by molar-refractivity contribution is 0.392. The highest BCUT2D eigenvalue weighted by atomic mass is 16.5. The molecule has 1 atom stereocenters. The number of ether oxygens (including phenoxy) is 1. The first-order chi connectivity index (χ1) is 8.36. The highest BCUT2D eigenvalue weighted by Crippen LogP contribution is 2.31. The normalized spacial score (nSPS) is 23.2. The predicted molar refractivity (Wildman–Crippen MR) is 69.5 cm³/mol. The van der Waals surface area contributed by atoms with Crippen molar-refractivity contribution < 1.29 is 4.74 Å². The molecule has 0 aliphatic heterocycles. The van der Waals surface area contributed by atoms with E-state index in [-0.39, 0.29) is 0 Å². The Balaban J connectivity index is 1.69. The molecular formula is C15H21NO. The third-order valence-corrected chi connectivity index (χ3v) is 4.05. The molecule has 2 heteroatoms. The van der Waals surface area contributed by atoms with Crippen molar-refractivity contribution in [2.45, 2.75) is 38.1 Å². The van der Waals surface area contributed by atoms with Gasteiger partial charge in [0, 0.05) is 6.04 Å². The first-order valence-electron chi connectivity index (χ1n) is 6.75. The number of benzene rings is 1. The maximum atomic E-state index is 5.47. The van der Waals surface area contributed by atoms with Crippen LogP contribution in [0, 0.1) is 5.92 Å². The first kappa shape index (κ1) is 11.1. The van der Waals surface area contributed by atoms with Crippen molar-refractivity contribution in [2.24, 2.45) is 5.92 Å². The molecular weight excluding hydrogens is 210 g/mol. The summed E-state index contributed by atoms with van der Waals surface area (Å²) in [5, 5.41) is 3.72. The van der Waals surface area contributed by atoms with E-state index in [1.54, 1.807) is 7.11 Å². The average molecular weight is 231 g/mol. The van der Waals surface area contributed by atoms with Crippen LogP contribution < -0.4 is 10.1 Å². The Bertz CT molecular complexity index is 384. The van der Waals surface area contributed by atoms with Crippen molar-refractivity contribution >= 4 is 0 Å². The monoisotopic (exact) mass is 231 g/mol. The molecule has 0 aromatic heterocycles. The molecule has 1 saturated carbocycles. The summed E-state index contributed by atoms with van der Waals surface area (Å²) in [6, 6.07) is 7.09. The maximum Gasteiger partial charge on any atom is 0.122 e.